The first kappa shape index (κ1) is 13.5. The van der Waals surface area contributed by atoms with Crippen molar-refractivity contribution in [2.24, 2.45) is 0 Å². The second-order valence-electron chi connectivity index (χ2n) is 5.39. The van der Waals surface area contributed by atoms with Crippen LogP contribution in [0, 0.1) is 11.6 Å². The molecule has 5 heteroatoms. The van der Waals surface area contributed by atoms with Crippen LogP contribution in [-0.4, -0.2) is 36.1 Å². The molecule has 2 atom stereocenters. The molecule has 1 aliphatic heterocycles. The van der Waals surface area contributed by atoms with Crippen molar-refractivity contribution in [1.29, 1.82) is 0 Å². The van der Waals surface area contributed by atoms with Crippen molar-refractivity contribution >= 4 is 5.91 Å². The van der Waals surface area contributed by atoms with Crippen LogP contribution in [-0.2, 0) is 4.74 Å². The van der Waals surface area contributed by atoms with E-state index in [0.717, 1.165) is 37.8 Å². The van der Waals surface area contributed by atoms with E-state index in [4.69, 9.17) is 4.74 Å². The molecule has 0 radical (unpaired) electrons. The minimum absolute atomic E-state index is 0.0677. The summed E-state index contributed by atoms with van der Waals surface area (Å²) in [6, 6.07) is 3.39. The number of nitrogens with zero attached hydrogens (tertiary/aromatic N) is 1. The standard InChI is InChI=1S/C15H17F2NO2/c16-11-6-5-10(9-12(11)17)15(19)18-7-8-20-14-4-2-1-3-13(14)18/h5-6,9,13-14H,1-4,7-8H2. The van der Waals surface area contributed by atoms with Gasteiger partial charge in [-0.2, -0.15) is 0 Å². The zero-order chi connectivity index (χ0) is 14.1. The number of morpholine rings is 1. The highest BCUT2D eigenvalue weighted by Gasteiger charge is 2.37. The van der Waals surface area contributed by atoms with Crippen molar-refractivity contribution in [3.63, 3.8) is 0 Å². The maximum atomic E-state index is 13.3. The van der Waals surface area contributed by atoms with Crippen LogP contribution in [0.3, 0.4) is 0 Å². The maximum absolute atomic E-state index is 13.3. The summed E-state index contributed by atoms with van der Waals surface area (Å²) in [5.74, 6) is -2.15. The predicted molar refractivity (Wildman–Crippen MR) is 69.4 cm³/mol. The van der Waals surface area contributed by atoms with Gasteiger partial charge in [-0.1, -0.05) is 12.8 Å². The van der Waals surface area contributed by atoms with Gasteiger partial charge in [0, 0.05) is 12.1 Å². The summed E-state index contributed by atoms with van der Waals surface area (Å²) < 4.78 is 31.9. The van der Waals surface area contributed by atoms with E-state index >= 15 is 0 Å². The summed E-state index contributed by atoms with van der Waals surface area (Å²) in [5.41, 5.74) is 0.204. The molecular formula is C15H17F2NO2. The maximum Gasteiger partial charge on any atom is 0.254 e. The number of ether oxygens (including phenoxy) is 1. The molecule has 1 saturated heterocycles. The third-order valence-electron chi connectivity index (χ3n) is 4.16. The second kappa shape index (κ2) is 5.48. The number of hydrogen-bond acceptors (Lipinski definition) is 2. The second-order valence-corrected chi connectivity index (χ2v) is 5.39. The largest absolute Gasteiger partial charge is 0.374 e. The van der Waals surface area contributed by atoms with Crippen LogP contribution in [0.25, 0.3) is 0 Å². The van der Waals surface area contributed by atoms with E-state index in [1.54, 1.807) is 4.90 Å². The Balaban J connectivity index is 1.83. The molecule has 2 unspecified atom stereocenters. The van der Waals surface area contributed by atoms with Gasteiger partial charge in [-0.3, -0.25) is 4.79 Å². The van der Waals surface area contributed by atoms with Crippen molar-refractivity contribution < 1.29 is 18.3 Å². The van der Waals surface area contributed by atoms with Gasteiger partial charge in [-0.15, -0.1) is 0 Å². The molecule has 1 amide bonds. The minimum Gasteiger partial charge on any atom is -0.374 e. The smallest absolute Gasteiger partial charge is 0.254 e. The summed E-state index contributed by atoms with van der Waals surface area (Å²) in [6.07, 6.45) is 4.17. The Hall–Kier alpha value is -1.49. The van der Waals surface area contributed by atoms with Crippen LogP contribution in [0.15, 0.2) is 18.2 Å². The Morgan fingerprint density at radius 1 is 1.20 bits per heavy atom. The van der Waals surface area contributed by atoms with E-state index in [1.807, 2.05) is 0 Å². The Kier molecular flexibility index (Phi) is 3.70. The van der Waals surface area contributed by atoms with Crippen LogP contribution in [0.2, 0.25) is 0 Å². The van der Waals surface area contributed by atoms with Crippen molar-refractivity contribution in [2.45, 2.75) is 37.8 Å². The molecule has 0 N–H and O–H groups in total. The number of hydrogen-bond donors (Lipinski definition) is 0. The van der Waals surface area contributed by atoms with Gasteiger partial charge in [0.2, 0.25) is 0 Å². The number of carbonyl (C=O) groups excluding carboxylic acids is 1. The lowest BCUT2D eigenvalue weighted by Gasteiger charge is -2.43. The molecule has 20 heavy (non-hydrogen) atoms. The zero-order valence-electron chi connectivity index (χ0n) is 11.1. The average molecular weight is 281 g/mol. The fourth-order valence-electron chi connectivity index (χ4n) is 3.14. The van der Waals surface area contributed by atoms with Crippen LogP contribution in [0.4, 0.5) is 8.78 Å². The monoisotopic (exact) mass is 281 g/mol. The number of carbonyl (C=O) groups is 1. The number of amides is 1. The number of benzene rings is 1. The summed E-state index contributed by atoms with van der Waals surface area (Å²) in [5, 5.41) is 0. The van der Waals surface area contributed by atoms with E-state index < -0.39 is 11.6 Å². The third-order valence-corrected chi connectivity index (χ3v) is 4.16. The van der Waals surface area contributed by atoms with Gasteiger partial charge in [0.05, 0.1) is 18.8 Å². The highest BCUT2D eigenvalue weighted by molar-refractivity contribution is 5.94. The topological polar surface area (TPSA) is 29.5 Å². The molecule has 1 aromatic rings. The van der Waals surface area contributed by atoms with Crippen LogP contribution in [0.5, 0.6) is 0 Å². The Bertz CT molecular complexity index is 519. The van der Waals surface area contributed by atoms with E-state index in [1.165, 1.54) is 6.07 Å². The quantitative estimate of drug-likeness (QED) is 0.792. The number of halogens is 2. The molecule has 2 aliphatic rings. The van der Waals surface area contributed by atoms with E-state index in [0.29, 0.717) is 13.2 Å². The number of fused-ring (bicyclic) bond motifs is 1. The highest BCUT2D eigenvalue weighted by Crippen LogP contribution is 2.29. The van der Waals surface area contributed by atoms with Gasteiger partial charge < -0.3 is 9.64 Å². The van der Waals surface area contributed by atoms with Crippen molar-refractivity contribution in [3.8, 4) is 0 Å². The molecule has 3 rings (SSSR count). The summed E-state index contributed by atoms with van der Waals surface area (Å²) in [6.45, 7) is 1.02. The molecule has 1 saturated carbocycles. The molecule has 0 aromatic heterocycles. The first-order valence-electron chi connectivity index (χ1n) is 7.04. The predicted octanol–water partition coefficient (Wildman–Crippen LogP) is 2.75. The zero-order valence-corrected chi connectivity index (χ0v) is 11.1. The molecular weight excluding hydrogens is 264 g/mol. The average Bonchev–Trinajstić information content (AvgIpc) is 2.49. The van der Waals surface area contributed by atoms with Crippen molar-refractivity contribution in [2.75, 3.05) is 13.2 Å². The lowest BCUT2D eigenvalue weighted by Crippen LogP contribution is -2.54. The molecule has 0 spiro atoms. The van der Waals surface area contributed by atoms with Crippen LogP contribution >= 0.6 is 0 Å². The minimum atomic E-state index is -0.982. The fourth-order valence-corrected chi connectivity index (χ4v) is 3.14. The summed E-state index contributed by atoms with van der Waals surface area (Å²) >= 11 is 0. The van der Waals surface area contributed by atoms with Crippen molar-refractivity contribution in [3.05, 3.63) is 35.4 Å². The highest BCUT2D eigenvalue weighted by atomic mass is 19.2. The SMILES string of the molecule is O=C(c1ccc(F)c(F)c1)N1CCOC2CCCCC21. The first-order valence-corrected chi connectivity index (χ1v) is 7.04. The van der Waals surface area contributed by atoms with Gasteiger partial charge in [0.25, 0.3) is 5.91 Å². The van der Waals surface area contributed by atoms with E-state index in [-0.39, 0.29) is 23.6 Å². The Morgan fingerprint density at radius 2 is 2.00 bits per heavy atom. The van der Waals surface area contributed by atoms with Crippen molar-refractivity contribution in [1.82, 2.24) is 4.90 Å². The Morgan fingerprint density at radius 3 is 2.80 bits per heavy atom. The first-order chi connectivity index (χ1) is 9.66. The normalized spacial score (nSPS) is 26.2. The van der Waals surface area contributed by atoms with E-state index in [2.05, 4.69) is 0 Å². The van der Waals surface area contributed by atoms with Gasteiger partial charge >= 0.3 is 0 Å². The molecule has 2 fully saturated rings. The number of rotatable bonds is 1. The lowest BCUT2D eigenvalue weighted by molar-refractivity contribution is -0.0752. The van der Waals surface area contributed by atoms with Gasteiger partial charge in [-0.25, -0.2) is 8.78 Å². The molecule has 1 aliphatic carbocycles. The summed E-state index contributed by atoms with van der Waals surface area (Å²) in [7, 11) is 0. The fraction of sp³-hybridized carbons (Fsp3) is 0.533. The molecule has 1 heterocycles. The van der Waals surface area contributed by atoms with E-state index in [9.17, 15) is 13.6 Å². The lowest BCUT2D eigenvalue weighted by atomic mass is 9.89. The van der Waals surface area contributed by atoms with Gasteiger partial charge in [0.1, 0.15) is 0 Å². The third kappa shape index (κ3) is 2.42. The molecule has 108 valence electrons. The van der Waals surface area contributed by atoms with Crippen LogP contribution in [0.1, 0.15) is 36.0 Å². The van der Waals surface area contributed by atoms with Gasteiger partial charge in [0.15, 0.2) is 11.6 Å². The molecule has 1 aromatic carbocycles. The summed E-state index contributed by atoms with van der Waals surface area (Å²) in [4.78, 5) is 14.3. The van der Waals surface area contributed by atoms with Crippen LogP contribution < -0.4 is 0 Å². The molecule has 3 nitrogen and oxygen atoms in total. The Labute approximate surface area is 116 Å². The van der Waals surface area contributed by atoms with Gasteiger partial charge in [-0.05, 0) is 31.0 Å². The molecule has 0 bridgehead atoms.